The molecule has 1 aromatic carbocycles. The number of anilines is 1. The second kappa shape index (κ2) is 5.73. The van der Waals surface area contributed by atoms with Crippen LogP contribution in [0.4, 0.5) is 5.82 Å². The minimum atomic E-state index is -0.647. The Hall–Kier alpha value is -2.37. The number of nitrogens with one attached hydrogen (secondary N) is 1. The summed E-state index contributed by atoms with van der Waals surface area (Å²) in [5.41, 5.74) is 2.66. The van der Waals surface area contributed by atoms with E-state index in [-0.39, 0.29) is 5.91 Å². The first kappa shape index (κ1) is 14.0. The van der Waals surface area contributed by atoms with Gasteiger partial charge in [-0.25, -0.2) is 4.63 Å². The van der Waals surface area contributed by atoms with Crippen molar-refractivity contribution in [2.24, 2.45) is 0 Å². The van der Waals surface area contributed by atoms with Gasteiger partial charge in [-0.2, -0.15) is 0 Å². The fourth-order valence-electron chi connectivity index (χ4n) is 1.66. The van der Waals surface area contributed by atoms with Gasteiger partial charge in [0.25, 0.3) is 5.91 Å². The maximum Gasteiger partial charge on any atom is 0.266 e. The highest BCUT2D eigenvalue weighted by molar-refractivity contribution is 5.93. The Labute approximate surface area is 117 Å². The Morgan fingerprint density at radius 2 is 2.05 bits per heavy atom. The molecule has 0 fully saturated rings. The molecule has 20 heavy (non-hydrogen) atoms. The lowest BCUT2D eigenvalue weighted by Crippen LogP contribution is -2.30. The summed E-state index contributed by atoms with van der Waals surface area (Å²) in [6.45, 7) is 7.33. The maximum atomic E-state index is 12.0. The highest BCUT2D eigenvalue weighted by atomic mass is 16.6. The van der Waals surface area contributed by atoms with Gasteiger partial charge in [0, 0.05) is 0 Å². The van der Waals surface area contributed by atoms with Crippen LogP contribution in [0.5, 0.6) is 5.75 Å². The van der Waals surface area contributed by atoms with Crippen molar-refractivity contribution in [2.75, 3.05) is 5.32 Å². The lowest BCUT2D eigenvalue weighted by Gasteiger charge is -2.16. The topological polar surface area (TPSA) is 77.2 Å². The largest absolute Gasteiger partial charge is 0.481 e. The van der Waals surface area contributed by atoms with Crippen molar-refractivity contribution < 1.29 is 14.2 Å². The van der Waals surface area contributed by atoms with E-state index in [0.717, 1.165) is 11.1 Å². The Morgan fingerprint density at radius 1 is 1.30 bits per heavy atom. The van der Waals surface area contributed by atoms with Crippen molar-refractivity contribution in [1.29, 1.82) is 0 Å². The summed E-state index contributed by atoms with van der Waals surface area (Å²) >= 11 is 0. The van der Waals surface area contributed by atoms with Crippen LogP contribution in [0, 0.1) is 20.8 Å². The highest BCUT2D eigenvalue weighted by Crippen LogP contribution is 2.22. The van der Waals surface area contributed by atoms with Crippen LogP contribution in [-0.2, 0) is 4.79 Å². The second-order valence-corrected chi connectivity index (χ2v) is 4.65. The summed E-state index contributed by atoms with van der Waals surface area (Å²) in [5, 5.41) is 9.81. The number of hydrogen-bond acceptors (Lipinski definition) is 5. The Balaban J connectivity index is 2.04. The molecule has 0 aliphatic heterocycles. The number of aryl methyl sites for hydroxylation is 2. The number of rotatable bonds is 4. The summed E-state index contributed by atoms with van der Waals surface area (Å²) in [7, 11) is 0. The smallest absolute Gasteiger partial charge is 0.266 e. The predicted octanol–water partition coefficient (Wildman–Crippen LogP) is 2.40. The van der Waals surface area contributed by atoms with Gasteiger partial charge >= 0.3 is 0 Å². The molecule has 0 saturated carbocycles. The van der Waals surface area contributed by atoms with Crippen LogP contribution in [0.3, 0.4) is 0 Å². The van der Waals surface area contributed by atoms with Crippen LogP contribution in [0.25, 0.3) is 0 Å². The summed E-state index contributed by atoms with van der Waals surface area (Å²) < 4.78 is 10.2. The molecule has 1 atom stereocenters. The molecule has 0 bridgehead atoms. The number of hydrogen-bond donors (Lipinski definition) is 1. The zero-order chi connectivity index (χ0) is 14.7. The van der Waals surface area contributed by atoms with E-state index in [1.807, 2.05) is 32.0 Å². The van der Waals surface area contributed by atoms with Gasteiger partial charge in [0.1, 0.15) is 11.4 Å². The second-order valence-electron chi connectivity index (χ2n) is 4.65. The average Bonchev–Trinajstić information content (AvgIpc) is 2.80. The fourth-order valence-corrected chi connectivity index (χ4v) is 1.66. The maximum absolute atomic E-state index is 12.0. The number of carbonyl (C=O) groups excluding carboxylic acids is 1. The number of ether oxygens (including phenoxy) is 1. The van der Waals surface area contributed by atoms with Crippen molar-refractivity contribution >= 4 is 11.7 Å². The summed E-state index contributed by atoms with van der Waals surface area (Å²) in [6, 6.07) is 5.74. The van der Waals surface area contributed by atoms with Gasteiger partial charge < -0.3 is 10.1 Å². The van der Waals surface area contributed by atoms with Crippen LogP contribution in [0.15, 0.2) is 22.8 Å². The fraction of sp³-hybridized carbons (Fsp3) is 0.357. The standard InChI is InChI=1S/C14H17N3O3/c1-8-6-5-7-12(9(8)2)19-11(4)14(18)15-13-10(3)16-20-17-13/h5-7,11H,1-4H3,(H,15,17,18)/t11-/m1/s1. The van der Waals surface area contributed by atoms with E-state index in [1.165, 1.54) is 0 Å². The molecule has 0 spiro atoms. The van der Waals surface area contributed by atoms with Gasteiger partial charge in [-0.3, -0.25) is 4.79 Å². The van der Waals surface area contributed by atoms with Crippen molar-refractivity contribution in [3.05, 3.63) is 35.0 Å². The third kappa shape index (κ3) is 2.96. The number of amides is 1. The van der Waals surface area contributed by atoms with Crippen molar-refractivity contribution in [2.45, 2.75) is 33.8 Å². The molecule has 1 aromatic heterocycles. The number of carbonyl (C=O) groups is 1. The molecule has 1 heterocycles. The highest BCUT2D eigenvalue weighted by Gasteiger charge is 2.18. The van der Waals surface area contributed by atoms with Crippen LogP contribution >= 0.6 is 0 Å². The molecule has 1 amide bonds. The van der Waals surface area contributed by atoms with Gasteiger partial charge in [0.05, 0.1) is 0 Å². The molecule has 6 nitrogen and oxygen atoms in total. The van der Waals surface area contributed by atoms with Crippen LogP contribution < -0.4 is 10.1 Å². The molecule has 106 valence electrons. The molecule has 0 aliphatic carbocycles. The molecular weight excluding hydrogens is 258 g/mol. The Kier molecular flexibility index (Phi) is 4.02. The first-order valence-corrected chi connectivity index (χ1v) is 6.32. The minimum Gasteiger partial charge on any atom is -0.481 e. The Bertz CT molecular complexity index is 622. The lowest BCUT2D eigenvalue weighted by atomic mass is 10.1. The van der Waals surface area contributed by atoms with Gasteiger partial charge in [-0.1, -0.05) is 17.3 Å². The molecule has 0 radical (unpaired) electrons. The zero-order valence-electron chi connectivity index (χ0n) is 11.9. The molecule has 2 aromatic rings. The number of aromatic nitrogens is 2. The molecule has 0 saturated heterocycles. The average molecular weight is 275 g/mol. The first-order chi connectivity index (χ1) is 9.49. The quantitative estimate of drug-likeness (QED) is 0.927. The SMILES string of the molecule is Cc1cccc(O[C@H](C)C(=O)Nc2nonc2C)c1C. The lowest BCUT2D eigenvalue weighted by molar-refractivity contribution is -0.122. The molecule has 2 rings (SSSR count). The zero-order valence-corrected chi connectivity index (χ0v) is 11.9. The van der Waals surface area contributed by atoms with E-state index in [2.05, 4.69) is 20.3 Å². The molecule has 6 heteroatoms. The van der Waals surface area contributed by atoms with Gasteiger partial charge in [-0.15, -0.1) is 0 Å². The van der Waals surface area contributed by atoms with Crippen molar-refractivity contribution in [3.8, 4) is 5.75 Å². The van der Waals surface area contributed by atoms with Crippen LogP contribution in [0.1, 0.15) is 23.7 Å². The van der Waals surface area contributed by atoms with Gasteiger partial charge in [-0.05, 0) is 50.0 Å². The summed E-state index contributed by atoms with van der Waals surface area (Å²) in [5.74, 6) is 0.707. The van der Waals surface area contributed by atoms with Gasteiger partial charge in [0.15, 0.2) is 11.9 Å². The molecule has 0 unspecified atom stereocenters. The minimum absolute atomic E-state index is 0.301. The normalized spacial score (nSPS) is 12.0. The van der Waals surface area contributed by atoms with Crippen molar-refractivity contribution in [1.82, 2.24) is 10.3 Å². The van der Waals surface area contributed by atoms with E-state index in [0.29, 0.717) is 17.3 Å². The van der Waals surface area contributed by atoms with E-state index in [4.69, 9.17) is 4.74 Å². The Morgan fingerprint density at radius 3 is 2.70 bits per heavy atom. The van der Waals surface area contributed by atoms with Crippen molar-refractivity contribution in [3.63, 3.8) is 0 Å². The summed E-state index contributed by atoms with van der Waals surface area (Å²) in [6.07, 6.45) is -0.647. The third-order valence-electron chi connectivity index (χ3n) is 3.12. The predicted molar refractivity (Wildman–Crippen MR) is 73.7 cm³/mol. The molecule has 0 aliphatic rings. The number of benzene rings is 1. The van der Waals surface area contributed by atoms with E-state index in [9.17, 15) is 4.79 Å². The van der Waals surface area contributed by atoms with Gasteiger partial charge in [0.2, 0.25) is 0 Å². The van der Waals surface area contributed by atoms with E-state index >= 15 is 0 Å². The van der Waals surface area contributed by atoms with E-state index < -0.39 is 6.10 Å². The third-order valence-corrected chi connectivity index (χ3v) is 3.12. The number of nitrogens with zero attached hydrogens (tertiary/aromatic N) is 2. The first-order valence-electron chi connectivity index (χ1n) is 6.32. The van der Waals surface area contributed by atoms with Crippen LogP contribution in [-0.4, -0.2) is 22.3 Å². The monoisotopic (exact) mass is 275 g/mol. The molecule has 1 N–H and O–H groups in total. The van der Waals surface area contributed by atoms with Crippen LogP contribution in [0.2, 0.25) is 0 Å². The van der Waals surface area contributed by atoms with E-state index in [1.54, 1.807) is 13.8 Å². The molecular formula is C14H17N3O3. The summed E-state index contributed by atoms with van der Waals surface area (Å²) in [4.78, 5) is 12.0.